The maximum absolute atomic E-state index is 12.7. The smallest absolute Gasteiger partial charge is 0.274 e. The number of fused-ring (bicyclic) bond motifs is 1. The highest BCUT2D eigenvalue weighted by Gasteiger charge is 2.23. The summed E-state index contributed by atoms with van der Waals surface area (Å²) in [5.74, 6) is 0.205. The predicted molar refractivity (Wildman–Crippen MR) is 108 cm³/mol. The minimum atomic E-state index is -0.310. The second kappa shape index (κ2) is 7.23. The van der Waals surface area contributed by atoms with Crippen LogP contribution in [0.3, 0.4) is 0 Å². The largest absolute Gasteiger partial charge is 0.321 e. The molecule has 2 aromatic carbocycles. The molecule has 1 aliphatic rings. The molecule has 1 aliphatic heterocycles. The quantitative estimate of drug-likeness (QED) is 0.702. The molecule has 0 atom stereocenters. The first-order chi connectivity index (χ1) is 13.5. The summed E-state index contributed by atoms with van der Waals surface area (Å²) in [7, 11) is 0. The molecular formula is C22H20N4O2. The van der Waals surface area contributed by atoms with Gasteiger partial charge in [-0.2, -0.15) is 0 Å². The van der Waals surface area contributed by atoms with Crippen molar-refractivity contribution < 1.29 is 9.59 Å². The third-order valence-electron chi connectivity index (χ3n) is 4.75. The Bertz CT molecular complexity index is 1060. The number of anilines is 3. The summed E-state index contributed by atoms with van der Waals surface area (Å²) >= 11 is 0. The van der Waals surface area contributed by atoms with E-state index in [1.54, 1.807) is 30.3 Å². The van der Waals surface area contributed by atoms with Crippen LogP contribution in [0.2, 0.25) is 0 Å². The van der Waals surface area contributed by atoms with Gasteiger partial charge in [-0.15, -0.1) is 0 Å². The first kappa shape index (κ1) is 17.9. The molecule has 3 aromatic rings. The first-order valence-electron chi connectivity index (χ1n) is 9.15. The number of Topliss-reactive ketones (excluding diaryl/α,β-unsaturated/α-hetero) is 1. The van der Waals surface area contributed by atoms with Gasteiger partial charge in [0.1, 0.15) is 5.69 Å². The van der Waals surface area contributed by atoms with E-state index < -0.39 is 0 Å². The van der Waals surface area contributed by atoms with Crippen molar-refractivity contribution in [1.29, 1.82) is 0 Å². The number of rotatable bonds is 4. The number of para-hydroxylation sites is 1. The van der Waals surface area contributed by atoms with Crippen molar-refractivity contribution in [3.63, 3.8) is 0 Å². The molecule has 0 saturated carbocycles. The zero-order valence-corrected chi connectivity index (χ0v) is 15.8. The molecule has 0 unspecified atom stereocenters. The number of aryl methyl sites for hydroxylation is 1. The summed E-state index contributed by atoms with van der Waals surface area (Å²) in [5.41, 5.74) is 4.59. The minimum absolute atomic E-state index is 0.0140. The van der Waals surface area contributed by atoms with E-state index in [2.05, 4.69) is 21.4 Å². The number of aromatic nitrogens is 2. The second-order valence-electron chi connectivity index (χ2n) is 6.81. The highest BCUT2D eigenvalue weighted by atomic mass is 16.2. The maximum Gasteiger partial charge on any atom is 0.274 e. The SMILES string of the molecule is CC(=O)c1ccc(NC(=O)c2cc(C)nc(N3CCc4ccccc43)n2)cc1. The van der Waals surface area contributed by atoms with Crippen LogP contribution in [0.5, 0.6) is 0 Å². The Morgan fingerprint density at radius 1 is 1.04 bits per heavy atom. The van der Waals surface area contributed by atoms with Gasteiger partial charge in [0.05, 0.1) is 0 Å². The van der Waals surface area contributed by atoms with Crippen molar-refractivity contribution in [2.75, 3.05) is 16.8 Å². The molecule has 1 aromatic heterocycles. The monoisotopic (exact) mass is 372 g/mol. The summed E-state index contributed by atoms with van der Waals surface area (Å²) in [4.78, 5) is 35.2. The van der Waals surface area contributed by atoms with Crippen molar-refractivity contribution in [3.05, 3.63) is 77.1 Å². The van der Waals surface area contributed by atoms with E-state index in [0.29, 0.717) is 22.9 Å². The van der Waals surface area contributed by atoms with Crippen LogP contribution < -0.4 is 10.2 Å². The maximum atomic E-state index is 12.7. The Kier molecular flexibility index (Phi) is 4.61. The number of benzene rings is 2. The molecule has 0 saturated heterocycles. The zero-order valence-electron chi connectivity index (χ0n) is 15.8. The summed E-state index contributed by atoms with van der Waals surface area (Å²) in [6.07, 6.45) is 0.928. The van der Waals surface area contributed by atoms with Crippen molar-refractivity contribution >= 4 is 29.0 Å². The van der Waals surface area contributed by atoms with Crippen LogP contribution in [0.4, 0.5) is 17.3 Å². The Morgan fingerprint density at radius 2 is 1.79 bits per heavy atom. The van der Waals surface area contributed by atoms with E-state index in [4.69, 9.17) is 0 Å². The van der Waals surface area contributed by atoms with E-state index in [-0.39, 0.29) is 11.7 Å². The zero-order chi connectivity index (χ0) is 19.7. The summed E-state index contributed by atoms with van der Waals surface area (Å²) in [5, 5.41) is 2.83. The summed E-state index contributed by atoms with van der Waals surface area (Å²) in [6.45, 7) is 4.15. The van der Waals surface area contributed by atoms with Crippen LogP contribution in [0.25, 0.3) is 0 Å². The molecule has 0 fully saturated rings. The Labute approximate surface area is 163 Å². The van der Waals surface area contributed by atoms with Gasteiger partial charge < -0.3 is 10.2 Å². The predicted octanol–water partition coefficient (Wildman–Crippen LogP) is 3.93. The number of ketones is 1. The molecule has 0 aliphatic carbocycles. The fraction of sp³-hybridized carbons (Fsp3) is 0.182. The normalized spacial score (nSPS) is 12.6. The van der Waals surface area contributed by atoms with Gasteiger partial charge in [0.2, 0.25) is 5.95 Å². The first-order valence-corrected chi connectivity index (χ1v) is 9.15. The van der Waals surface area contributed by atoms with E-state index in [1.807, 2.05) is 30.0 Å². The van der Waals surface area contributed by atoms with Gasteiger partial charge in [0.25, 0.3) is 5.91 Å². The number of amides is 1. The Morgan fingerprint density at radius 3 is 2.54 bits per heavy atom. The van der Waals surface area contributed by atoms with E-state index in [1.165, 1.54) is 12.5 Å². The van der Waals surface area contributed by atoms with Crippen LogP contribution in [0, 0.1) is 6.92 Å². The van der Waals surface area contributed by atoms with Gasteiger partial charge in [0, 0.05) is 29.2 Å². The Balaban J connectivity index is 1.59. The lowest BCUT2D eigenvalue weighted by atomic mass is 10.1. The third kappa shape index (κ3) is 3.49. The van der Waals surface area contributed by atoms with Crippen LogP contribution in [-0.4, -0.2) is 28.2 Å². The number of nitrogens with zero attached hydrogens (tertiary/aromatic N) is 3. The van der Waals surface area contributed by atoms with E-state index in [9.17, 15) is 9.59 Å². The van der Waals surface area contributed by atoms with Crippen molar-refractivity contribution in [3.8, 4) is 0 Å². The molecule has 0 radical (unpaired) electrons. The average Bonchev–Trinajstić information content (AvgIpc) is 3.12. The molecule has 1 amide bonds. The molecule has 2 heterocycles. The lowest BCUT2D eigenvalue weighted by Crippen LogP contribution is -2.20. The van der Waals surface area contributed by atoms with Crippen molar-refractivity contribution in [2.24, 2.45) is 0 Å². The van der Waals surface area contributed by atoms with Gasteiger partial charge in [0.15, 0.2) is 5.78 Å². The number of carbonyl (C=O) groups excluding carboxylic acids is 2. The lowest BCUT2D eigenvalue weighted by molar-refractivity contribution is 0.101. The fourth-order valence-electron chi connectivity index (χ4n) is 3.32. The number of carbonyl (C=O) groups is 2. The molecule has 4 rings (SSSR count). The molecule has 6 heteroatoms. The number of hydrogen-bond acceptors (Lipinski definition) is 5. The standard InChI is InChI=1S/C22H20N4O2/c1-14-13-19(21(28)24-18-9-7-16(8-10-18)15(2)27)25-22(23-14)26-12-11-17-5-3-4-6-20(17)26/h3-10,13H,11-12H2,1-2H3,(H,24,28). The van der Waals surface area contributed by atoms with Crippen molar-refractivity contribution in [2.45, 2.75) is 20.3 Å². The number of hydrogen-bond donors (Lipinski definition) is 1. The fourth-order valence-corrected chi connectivity index (χ4v) is 3.32. The number of nitrogens with one attached hydrogen (secondary N) is 1. The van der Waals surface area contributed by atoms with E-state index in [0.717, 1.165) is 24.3 Å². The molecule has 28 heavy (non-hydrogen) atoms. The Hall–Kier alpha value is -3.54. The van der Waals surface area contributed by atoms with Gasteiger partial charge in [-0.3, -0.25) is 9.59 Å². The lowest BCUT2D eigenvalue weighted by Gasteiger charge is -2.18. The molecule has 0 spiro atoms. The topological polar surface area (TPSA) is 75.2 Å². The minimum Gasteiger partial charge on any atom is -0.321 e. The molecule has 140 valence electrons. The average molecular weight is 372 g/mol. The molecule has 0 bridgehead atoms. The van der Waals surface area contributed by atoms with Crippen LogP contribution >= 0.6 is 0 Å². The van der Waals surface area contributed by atoms with Gasteiger partial charge in [-0.05, 0) is 62.2 Å². The highest BCUT2D eigenvalue weighted by molar-refractivity contribution is 6.03. The highest BCUT2D eigenvalue weighted by Crippen LogP contribution is 2.32. The third-order valence-corrected chi connectivity index (χ3v) is 4.75. The summed E-state index contributed by atoms with van der Waals surface area (Å²) < 4.78 is 0. The van der Waals surface area contributed by atoms with Crippen LogP contribution in [0.15, 0.2) is 54.6 Å². The van der Waals surface area contributed by atoms with Crippen molar-refractivity contribution in [1.82, 2.24) is 9.97 Å². The molecule has 6 nitrogen and oxygen atoms in total. The second-order valence-corrected chi connectivity index (χ2v) is 6.81. The van der Waals surface area contributed by atoms with Crippen LogP contribution in [0.1, 0.15) is 39.0 Å². The van der Waals surface area contributed by atoms with Gasteiger partial charge in [-0.25, -0.2) is 9.97 Å². The van der Waals surface area contributed by atoms with Gasteiger partial charge in [-0.1, -0.05) is 18.2 Å². The van der Waals surface area contributed by atoms with Gasteiger partial charge >= 0.3 is 0 Å². The molecular weight excluding hydrogens is 352 g/mol. The van der Waals surface area contributed by atoms with E-state index >= 15 is 0 Å². The summed E-state index contributed by atoms with van der Waals surface area (Å²) in [6, 6.07) is 16.6. The van der Waals surface area contributed by atoms with Crippen LogP contribution in [-0.2, 0) is 6.42 Å². The molecule has 1 N–H and O–H groups in total.